The molecule has 0 spiro atoms. The molecule has 1 heterocycles. The first-order valence-corrected chi connectivity index (χ1v) is 9.46. The molecule has 21 heavy (non-hydrogen) atoms. The molecule has 1 saturated carbocycles. The maximum Gasteiger partial charge on any atom is 0.242 e. The number of rotatable bonds is 5. The Morgan fingerprint density at radius 2 is 2.10 bits per heavy atom. The van der Waals surface area contributed by atoms with Crippen molar-refractivity contribution in [2.45, 2.75) is 43.7 Å². The molecule has 0 radical (unpaired) electrons. The van der Waals surface area contributed by atoms with Crippen molar-refractivity contribution in [3.05, 3.63) is 29.1 Å². The molecular weight excluding hydrogens is 306 g/mol. The van der Waals surface area contributed by atoms with E-state index in [-0.39, 0.29) is 17.5 Å². The monoisotopic (exact) mass is 325 g/mol. The molecule has 0 aliphatic heterocycles. The van der Waals surface area contributed by atoms with Crippen LogP contribution in [-0.2, 0) is 16.6 Å². The standard InChI is InChI=1S/C15H19NO3S2/c1-10(11-5-4-6-11)16-21(18,19)15-12-7-2-3-8-13(12)20-14(15)9-17/h2-3,7-8,10-11,16-17H,4-6,9H2,1H3. The Morgan fingerprint density at radius 1 is 1.38 bits per heavy atom. The fraction of sp³-hybridized carbons (Fsp3) is 0.467. The molecule has 1 unspecified atom stereocenters. The third-order valence-corrected chi connectivity index (χ3v) is 7.20. The summed E-state index contributed by atoms with van der Waals surface area (Å²) in [6, 6.07) is 7.32. The van der Waals surface area contributed by atoms with E-state index < -0.39 is 10.0 Å². The number of aliphatic hydroxyl groups is 1. The van der Waals surface area contributed by atoms with Crippen molar-refractivity contribution in [2.75, 3.05) is 0 Å². The summed E-state index contributed by atoms with van der Waals surface area (Å²) in [5.74, 6) is 0.433. The normalized spacial score (nSPS) is 17.8. The van der Waals surface area contributed by atoms with Gasteiger partial charge >= 0.3 is 0 Å². The van der Waals surface area contributed by atoms with E-state index in [1.54, 1.807) is 6.07 Å². The Bertz CT molecular complexity index is 747. The summed E-state index contributed by atoms with van der Waals surface area (Å²) < 4.78 is 29.1. The molecule has 3 rings (SSSR count). The lowest BCUT2D eigenvalue weighted by Crippen LogP contribution is -2.40. The van der Waals surface area contributed by atoms with Crippen LogP contribution in [0.25, 0.3) is 10.1 Å². The van der Waals surface area contributed by atoms with Gasteiger partial charge < -0.3 is 5.11 Å². The van der Waals surface area contributed by atoms with Crippen LogP contribution in [0.1, 0.15) is 31.1 Å². The summed E-state index contributed by atoms with van der Waals surface area (Å²) in [6.07, 6.45) is 3.35. The summed E-state index contributed by atoms with van der Waals surface area (Å²) in [5.41, 5.74) is 0. The van der Waals surface area contributed by atoms with Gasteiger partial charge in [0.1, 0.15) is 4.90 Å². The van der Waals surface area contributed by atoms with E-state index in [4.69, 9.17) is 0 Å². The van der Waals surface area contributed by atoms with E-state index in [1.165, 1.54) is 17.8 Å². The van der Waals surface area contributed by atoms with Gasteiger partial charge in [0, 0.05) is 16.1 Å². The van der Waals surface area contributed by atoms with Gasteiger partial charge in [0.2, 0.25) is 10.0 Å². The third kappa shape index (κ3) is 2.73. The zero-order chi connectivity index (χ0) is 15.0. The van der Waals surface area contributed by atoms with Crippen LogP contribution < -0.4 is 4.72 Å². The molecule has 2 N–H and O–H groups in total. The predicted molar refractivity (Wildman–Crippen MR) is 84.9 cm³/mol. The van der Waals surface area contributed by atoms with E-state index in [1.807, 2.05) is 25.1 Å². The second kappa shape index (κ2) is 5.68. The molecule has 0 amide bonds. The minimum atomic E-state index is -3.61. The highest BCUT2D eigenvalue weighted by Gasteiger charge is 2.30. The van der Waals surface area contributed by atoms with E-state index in [2.05, 4.69) is 4.72 Å². The van der Waals surface area contributed by atoms with E-state index in [0.717, 1.165) is 17.5 Å². The quantitative estimate of drug-likeness (QED) is 0.888. The number of hydrogen-bond donors (Lipinski definition) is 2. The lowest BCUT2D eigenvalue weighted by atomic mass is 9.81. The Kier molecular flexibility index (Phi) is 4.05. The van der Waals surface area contributed by atoms with Crippen LogP contribution in [-0.4, -0.2) is 19.6 Å². The number of hydrogen-bond acceptors (Lipinski definition) is 4. The average Bonchev–Trinajstić information content (AvgIpc) is 2.74. The molecule has 1 aromatic heterocycles. The van der Waals surface area contributed by atoms with Crippen LogP contribution in [0.3, 0.4) is 0 Å². The number of benzene rings is 1. The minimum absolute atomic E-state index is 0.0612. The molecule has 1 atom stereocenters. The number of sulfonamides is 1. The van der Waals surface area contributed by atoms with Gasteiger partial charge in [-0.25, -0.2) is 13.1 Å². The van der Waals surface area contributed by atoms with Gasteiger partial charge in [-0.05, 0) is 31.7 Å². The fourth-order valence-corrected chi connectivity index (χ4v) is 5.92. The van der Waals surface area contributed by atoms with Crippen molar-refractivity contribution in [2.24, 2.45) is 5.92 Å². The van der Waals surface area contributed by atoms with Crippen molar-refractivity contribution in [1.82, 2.24) is 4.72 Å². The number of aliphatic hydroxyl groups excluding tert-OH is 1. The van der Waals surface area contributed by atoms with Gasteiger partial charge in [-0.3, -0.25) is 0 Å². The smallest absolute Gasteiger partial charge is 0.242 e. The fourth-order valence-electron chi connectivity index (χ4n) is 2.81. The van der Waals surface area contributed by atoms with Crippen molar-refractivity contribution < 1.29 is 13.5 Å². The highest BCUT2D eigenvalue weighted by atomic mass is 32.2. The van der Waals surface area contributed by atoms with E-state index in [0.29, 0.717) is 16.2 Å². The van der Waals surface area contributed by atoms with Gasteiger partial charge in [0.15, 0.2) is 0 Å². The molecule has 1 aromatic carbocycles. The van der Waals surface area contributed by atoms with Crippen molar-refractivity contribution in [3.63, 3.8) is 0 Å². The van der Waals surface area contributed by atoms with Gasteiger partial charge in [0.25, 0.3) is 0 Å². The highest BCUT2D eigenvalue weighted by molar-refractivity contribution is 7.90. The molecule has 0 bridgehead atoms. The molecule has 6 heteroatoms. The highest BCUT2D eigenvalue weighted by Crippen LogP contribution is 2.36. The molecule has 2 aromatic rings. The molecule has 0 saturated heterocycles. The number of thiophene rings is 1. The topological polar surface area (TPSA) is 66.4 Å². The Hall–Kier alpha value is -0.950. The Labute approximate surface area is 128 Å². The van der Waals surface area contributed by atoms with Crippen LogP contribution in [0.4, 0.5) is 0 Å². The zero-order valence-electron chi connectivity index (χ0n) is 11.9. The number of nitrogens with one attached hydrogen (secondary N) is 1. The summed E-state index contributed by atoms with van der Waals surface area (Å²) in [4.78, 5) is 0.751. The van der Waals surface area contributed by atoms with Crippen molar-refractivity contribution in [1.29, 1.82) is 0 Å². The van der Waals surface area contributed by atoms with Crippen LogP contribution in [0, 0.1) is 5.92 Å². The van der Waals surface area contributed by atoms with Crippen LogP contribution in [0.15, 0.2) is 29.2 Å². The van der Waals surface area contributed by atoms with Crippen molar-refractivity contribution >= 4 is 31.4 Å². The minimum Gasteiger partial charge on any atom is -0.391 e. The van der Waals surface area contributed by atoms with Crippen LogP contribution >= 0.6 is 11.3 Å². The van der Waals surface area contributed by atoms with Gasteiger partial charge in [-0.1, -0.05) is 24.6 Å². The molecule has 4 nitrogen and oxygen atoms in total. The number of fused-ring (bicyclic) bond motifs is 1. The Balaban J connectivity index is 2.01. The van der Waals surface area contributed by atoms with Gasteiger partial charge in [-0.15, -0.1) is 11.3 Å². The molecule has 1 aliphatic carbocycles. The SMILES string of the molecule is CC(NS(=O)(=O)c1c(CO)sc2ccccc12)C1CCC1. The lowest BCUT2D eigenvalue weighted by Gasteiger charge is -2.31. The summed E-state index contributed by atoms with van der Waals surface area (Å²) >= 11 is 1.34. The Morgan fingerprint density at radius 3 is 2.71 bits per heavy atom. The molecule has 1 aliphatic rings. The summed E-state index contributed by atoms with van der Waals surface area (Å²) in [5, 5.41) is 10.2. The maximum absolute atomic E-state index is 12.7. The first-order chi connectivity index (χ1) is 10.0. The summed E-state index contributed by atoms with van der Waals surface area (Å²) in [6.45, 7) is 1.67. The second-order valence-electron chi connectivity index (χ2n) is 5.61. The second-order valence-corrected chi connectivity index (χ2v) is 8.40. The lowest BCUT2D eigenvalue weighted by molar-refractivity contribution is 0.260. The van der Waals surface area contributed by atoms with E-state index >= 15 is 0 Å². The van der Waals surface area contributed by atoms with Gasteiger partial charge in [-0.2, -0.15) is 0 Å². The van der Waals surface area contributed by atoms with E-state index in [9.17, 15) is 13.5 Å². The van der Waals surface area contributed by atoms with Crippen molar-refractivity contribution in [3.8, 4) is 0 Å². The first kappa shape index (κ1) is 15.0. The van der Waals surface area contributed by atoms with Crippen LogP contribution in [0.5, 0.6) is 0 Å². The molecule has 1 fully saturated rings. The maximum atomic E-state index is 12.7. The molecule has 114 valence electrons. The molecular formula is C15H19NO3S2. The summed E-state index contributed by atoms with van der Waals surface area (Å²) in [7, 11) is -3.61. The third-order valence-electron chi connectivity index (χ3n) is 4.23. The average molecular weight is 325 g/mol. The van der Waals surface area contributed by atoms with Crippen LogP contribution in [0.2, 0.25) is 0 Å². The predicted octanol–water partition coefficient (Wildman–Crippen LogP) is 2.86. The zero-order valence-corrected chi connectivity index (χ0v) is 13.5. The first-order valence-electron chi connectivity index (χ1n) is 7.16. The van der Waals surface area contributed by atoms with Gasteiger partial charge in [0.05, 0.1) is 11.5 Å². The largest absolute Gasteiger partial charge is 0.391 e.